The Hall–Kier alpha value is -4.59. The molecule has 1 saturated carbocycles. The molecule has 0 unspecified atom stereocenters. The monoisotopic (exact) mass is 654 g/mol. The number of ketones is 1. The number of benzene rings is 2. The maximum absolute atomic E-state index is 14.9. The first-order valence-electron chi connectivity index (χ1n) is 13.1. The van der Waals surface area contributed by atoms with Crippen LogP contribution >= 0.6 is 11.6 Å². The number of hydrogen-bond acceptors (Lipinski definition) is 7. The van der Waals surface area contributed by atoms with Crippen molar-refractivity contribution < 1.29 is 55.1 Å². The van der Waals surface area contributed by atoms with Crippen LogP contribution in [0.15, 0.2) is 48.7 Å². The number of aldehydes is 3. The zero-order valence-corrected chi connectivity index (χ0v) is 23.8. The summed E-state index contributed by atoms with van der Waals surface area (Å²) in [5.41, 5.74) is -6.13. The molecule has 2 aromatic carbocycles. The zero-order valence-electron chi connectivity index (χ0n) is 23.0. The molecule has 1 aliphatic rings. The molecular weight excluding hydrogens is 634 g/mol. The van der Waals surface area contributed by atoms with Gasteiger partial charge in [-0.25, -0.2) is 4.39 Å². The van der Waals surface area contributed by atoms with E-state index in [4.69, 9.17) is 11.6 Å². The second-order valence-corrected chi connectivity index (χ2v) is 10.6. The Bertz CT molecular complexity index is 1670. The molecule has 1 amide bonds. The van der Waals surface area contributed by atoms with E-state index in [1.807, 2.05) is 0 Å². The molecule has 1 N–H and O–H groups in total. The van der Waals surface area contributed by atoms with Gasteiger partial charge in [0.05, 0.1) is 10.4 Å². The van der Waals surface area contributed by atoms with Gasteiger partial charge in [0, 0.05) is 46.6 Å². The number of halogens is 7. The molecule has 0 atom stereocenters. The Morgan fingerprint density at radius 3 is 2.13 bits per heavy atom. The Kier molecular flexibility index (Phi) is 8.93. The molecule has 15 heteroatoms. The van der Waals surface area contributed by atoms with Crippen LogP contribution in [0.5, 0.6) is 5.75 Å². The normalized spacial score (nSPS) is 14.3. The van der Waals surface area contributed by atoms with Crippen LogP contribution < -0.4 is 10.1 Å². The predicted octanol–water partition coefficient (Wildman–Crippen LogP) is 6.38. The number of nitrogens with one attached hydrogen (secondary N) is 1. The van der Waals surface area contributed by atoms with E-state index in [0.717, 1.165) is 42.6 Å². The summed E-state index contributed by atoms with van der Waals surface area (Å²) in [4.78, 5) is 65.8. The van der Waals surface area contributed by atoms with Gasteiger partial charge in [-0.1, -0.05) is 30.7 Å². The van der Waals surface area contributed by atoms with Gasteiger partial charge in [-0.3, -0.25) is 14.6 Å². The number of hydrogen-bond donors (Lipinski definition) is 1. The van der Waals surface area contributed by atoms with Crippen molar-refractivity contribution >= 4 is 47.8 Å². The van der Waals surface area contributed by atoms with Gasteiger partial charge in [0.25, 0.3) is 5.92 Å². The lowest BCUT2D eigenvalue weighted by Crippen LogP contribution is -2.36. The van der Waals surface area contributed by atoms with E-state index >= 15 is 0 Å². The summed E-state index contributed by atoms with van der Waals surface area (Å²) in [6.07, 6.45) is -5.07. The SMILES string of the molecule is CCC(F)(F)c1ccc(-c2c(Cl)cc(NC(=O)C3(c4ccc(OC(F)(F)F)cc4F)CC3)cc2C(=O)C(C=O)(C=O)C=O)cn1. The molecule has 0 spiro atoms. The highest BCUT2D eigenvalue weighted by molar-refractivity contribution is 6.37. The molecule has 1 aliphatic carbocycles. The molecule has 45 heavy (non-hydrogen) atoms. The topological polar surface area (TPSA) is 119 Å². The number of amides is 1. The summed E-state index contributed by atoms with van der Waals surface area (Å²) in [5.74, 6) is -7.46. The number of anilines is 1. The van der Waals surface area contributed by atoms with Crippen LogP contribution in [0.4, 0.5) is 32.0 Å². The fraction of sp³-hybridized carbons (Fsp3) is 0.267. The molecule has 0 radical (unpaired) electrons. The molecule has 1 aromatic heterocycles. The van der Waals surface area contributed by atoms with E-state index in [1.54, 1.807) is 0 Å². The smallest absolute Gasteiger partial charge is 0.406 e. The Balaban J connectivity index is 1.76. The third-order valence-electron chi connectivity index (χ3n) is 7.32. The van der Waals surface area contributed by atoms with E-state index in [1.165, 1.54) is 6.92 Å². The number of aromatic nitrogens is 1. The average Bonchev–Trinajstić information content (AvgIpc) is 3.79. The lowest BCUT2D eigenvalue weighted by Gasteiger charge is -2.21. The summed E-state index contributed by atoms with van der Waals surface area (Å²) < 4.78 is 84.4. The van der Waals surface area contributed by atoms with Gasteiger partial charge in [-0.05, 0) is 37.1 Å². The Morgan fingerprint density at radius 2 is 1.64 bits per heavy atom. The van der Waals surface area contributed by atoms with Gasteiger partial charge in [0.2, 0.25) is 5.91 Å². The van der Waals surface area contributed by atoms with Gasteiger partial charge >= 0.3 is 6.36 Å². The first-order valence-corrected chi connectivity index (χ1v) is 13.4. The first-order chi connectivity index (χ1) is 21.1. The van der Waals surface area contributed by atoms with E-state index < -0.39 is 64.1 Å². The van der Waals surface area contributed by atoms with Crippen LogP contribution in [-0.2, 0) is 30.5 Å². The average molecular weight is 655 g/mol. The molecule has 3 aromatic rings. The second kappa shape index (κ2) is 12.1. The molecule has 1 fully saturated rings. The van der Waals surface area contributed by atoms with Crippen LogP contribution in [0.1, 0.15) is 47.8 Å². The molecule has 0 saturated heterocycles. The standard InChI is InChI=1S/C30H21ClF6N2O6/c1-2-29(33,34)23-6-3-16(12-38-23)24-19(25(43)27(13-40,14-41)15-42)9-17(10-21(24)31)39-26(44)28(7-8-28)20-5-4-18(11-22(20)32)45-30(35,36)37/h3-6,9-15H,2,7-8H2,1H3,(H,39,44). The maximum Gasteiger partial charge on any atom is 0.573 e. The highest BCUT2D eigenvalue weighted by atomic mass is 35.5. The zero-order chi connectivity index (χ0) is 33.4. The van der Waals surface area contributed by atoms with Crippen LogP contribution in [0.25, 0.3) is 11.1 Å². The fourth-order valence-corrected chi connectivity index (χ4v) is 4.97. The number of ether oxygens (including phenoxy) is 1. The number of pyridine rings is 1. The minimum Gasteiger partial charge on any atom is -0.406 e. The van der Waals surface area contributed by atoms with Crippen LogP contribution in [0.3, 0.4) is 0 Å². The minimum atomic E-state index is -5.07. The molecule has 1 heterocycles. The highest BCUT2D eigenvalue weighted by Crippen LogP contribution is 2.51. The maximum atomic E-state index is 14.9. The summed E-state index contributed by atoms with van der Waals surface area (Å²) in [6, 6.07) is 6.54. The van der Waals surface area contributed by atoms with E-state index in [-0.39, 0.29) is 59.1 Å². The number of alkyl halides is 5. The Labute approximate surface area is 255 Å². The molecule has 0 aliphatic heterocycles. The third-order valence-corrected chi connectivity index (χ3v) is 7.61. The van der Waals surface area contributed by atoms with Gasteiger partial charge in [-0.15, -0.1) is 13.2 Å². The van der Waals surface area contributed by atoms with Crippen molar-refractivity contribution in [1.82, 2.24) is 4.98 Å². The van der Waals surface area contributed by atoms with Gasteiger partial charge in [0.15, 0.2) is 11.2 Å². The van der Waals surface area contributed by atoms with Gasteiger partial charge in [0.1, 0.15) is 36.1 Å². The lowest BCUT2D eigenvalue weighted by atomic mass is 9.81. The number of carbonyl (C=O) groups excluding carboxylic acids is 5. The summed E-state index contributed by atoms with van der Waals surface area (Å²) in [6.45, 7) is 1.24. The third kappa shape index (κ3) is 6.46. The number of carbonyl (C=O) groups is 5. The minimum absolute atomic E-state index is 0.0182. The van der Waals surface area contributed by atoms with Crippen LogP contribution in [0, 0.1) is 11.2 Å². The predicted molar refractivity (Wildman–Crippen MR) is 146 cm³/mol. The van der Waals surface area contributed by atoms with Crippen LogP contribution in [-0.4, -0.2) is 41.9 Å². The van der Waals surface area contributed by atoms with Gasteiger partial charge in [-0.2, -0.15) is 8.78 Å². The van der Waals surface area contributed by atoms with Crippen molar-refractivity contribution in [3.63, 3.8) is 0 Å². The van der Waals surface area contributed by atoms with Crippen LogP contribution in [0.2, 0.25) is 5.02 Å². The molecule has 236 valence electrons. The van der Waals surface area contributed by atoms with E-state index in [2.05, 4.69) is 15.0 Å². The number of rotatable bonds is 12. The van der Waals surface area contributed by atoms with Crippen molar-refractivity contribution in [2.24, 2.45) is 5.41 Å². The molecule has 0 bridgehead atoms. The lowest BCUT2D eigenvalue weighted by molar-refractivity contribution is -0.274. The number of nitrogens with zero attached hydrogens (tertiary/aromatic N) is 1. The quantitative estimate of drug-likeness (QED) is 0.104. The van der Waals surface area contributed by atoms with Crippen molar-refractivity contribution in [2.45, 2.75) is 43.9 Å². The van der Waals surface area contributed by atoms with Crippen molar-refractivity contribution in [2.75, 3.05) is 5.32 Å². The fourth-order valence-electron chi connectivity index (χ4n) is 4.64. The largest absolute Gasteiger partial charge is 0.573 e. The van der Waals surface area contributed by atoms with Gasteiger partial charge < -0.3 is 24.4 Å². The Morgan fingerprint density at radius 1 is 1.00 bits per heavy atom. The summed E-state index contributed by atoms with van der Waals surface area (Å²) >= 11 is 6.47. The highest BCUT2D eigenvalue weighted by Gasteiger charge is 2.53. The second-order valence-electron chi connectivity index (χ2n) is 10.2. The van der Waals surface area contributed by atoms with Crippen molar-refractivity contribution in [3.8, 4) is 16.9 Å². The summed E-state index contributed by atoms with van der Waals surface area (Å²) in [5, 5.41) is 2.15. The van der Waals surface area contributed by atoms with E-state index in [0.29, 0.717) is 6.07 Å². The molecule has 4 rings (SSSR count). The van der Waals surface area contributed by atoms with Crippen molar-refractivity contribution in [3.05, 3.63) is 76.3 Å². The summed E-state index contributed by atoms with van der Waals surface area (Å²) in [7, 11) is 0. The molecule has 8 nitrogen and oxygen atoms in total. The first kappa shape index (κ1) is 33.3. The molecular formula is C30H21ClF6N2O6. The number of Topliss-reactive ketones (excluding diaryl/α,β-unsaturated/α-hetero) is 1. The van der Waals surface area contributed by atoms with E-state index in [9.17, 15) is 50.3 Å². The van der Waals surface area contributed by atoms with Crippen molar-refractivity contribution in [1.29, 1.82) is 0 Å².